The number of fused-ring (bicyclic) bond motifs is 1. The lowest BCUT2D eigenvalue weighted by molar-refractivity contribution is -0.115. The predicted molar refractivity (Wildman–Crippen MR) is 95.5 cm³/mol. The van der Waals surface area contributed by atoms with E-state index in [2.05, 4.69) is 10.6 Å². The molecule has 0 radical (unpaired) electrons. The topological polar surface area (TPSA) is 76.7 Å². The van der Waals surface area contributed by atoms with Crippen LogP contribution in [0, 0.1) is 5.82 Å². The zero-order chi connectivity index (χ0) is 18.7. The Bertz CT molecular complexity index is 873. The van der Waals surface area contributed by atoms with Crippen molar-refractivity contribution in [2.45, 2.75) is 13.3 Å². The van der Waals surface area contributed by atoms with Crippen LogP contribution in [0.2, 0.25) is 5.02 Å². The average Bonchev–Trinajstić information content (AvgIpc) is 2.57. The molecule has 2 amide bonds. The highest BCUT2D eigenvalue weighted by molar-refractivity contribution is 6.32. The van der Waals surface area contributed by atoms with Gasteiger partial charge in [0.25, 0.3) is 0 Å². The number of hydrogen-bond acceptors (Lipinski definition) is 4. The lowest BCUT2D eigenvalue weighted by Crippen LogP contribution is -2.17. The van der Waals surface area contributed by atoms with Gasteiger partial charge in [-0.3, -0.25) is 9.59 Å². The molecular formula is C18H16ClFN2O4. The summed E-state index contributed by atoms with van der Waals surface area (Å²) in [4.78, 5) is 23.4. The van der Waals surface area contributed by atoms with E-state index < -0.39 is 11.7 Å². The van der Waals surface area contributed by atoms with Crippen molar-refractivity contribution < 1.29 is 23.5 Å². The minimum Gasteiger partial charge on any atom is -0.486 e. The highest BCUT2D eigenvalue weighted by Gasteiger charge is 2.18. The number of hydrogen-bond donors (Lipinski definition) is 2. The molecule has 0 saturated heterocycles. The molecule has 0 bridgehead atoms. The number of anilines is 2. The molecule has 26 heavy (non-hydrogen) atoms. The Morgan fingerprint density at radius 1 is 1.15 bits per heavy atom. The maximum absolute atomic E-state index is 13.7. The van der Waals surface area contributed by atoms with Crippen LogP contribution >= 0.6 is 11.6 Å². The Morgan fingerprint density at radius 3 is 2.69 bits per heavy atom. The quantitative estimate of drug-likeness (QED) is 0.855. The Kier molecular flexibility index (Phi) is 5.27. The minimum atomic E-state index is -0.586. The Labute approximate surface area is 154 Å². The molecular weight excluding hydrogens is 363 g/mol. The number of rotatable bonds is 4. The van der Waals surface area contributed by atoms with Gasteiger partial charge >= 0.3 is 0 Å². The van der Waals surface area contributed by atoms with Crippen LogP contribution in [0.4, 0.5) is 15.8 Å². The van der Waals surface area contributed by atoms with Crippen LogP contribution in [0.3, 0.4) is 0 Å². The van der Waals surface area contributed by atoms with Gasteiger partial charge in [0.1, 0.15) is 19.0 Å². The van der Waals surface area contributed by atoms with E-state index in [1.165, 1.54) is 25.1 Å². The Balaban J connectivity index is 1.71. The molecule has 0 aliphatic carbocycles. The fourth-order valence-corrected chi connectivity index (χ4v) is 2.83. The lowest BCUT2D eigenvalue weighted by atomic mass is 10.1. The third kappa shape index (κ3) is 4.23. The molecule has 1 aliphatic rings. The first-order chi connectivity index (χ1) is 12.4. The molecule has 1 heterocycles. The summed E-state index contributed by atoms with van der Waals surface area (Å²) in [6, 6.07) is 7.28. The first-order valence-corrected chi connectivity index (χ1v) is 8.25. The second-order valence-corrected chi connectivity index (χ2v) is 6.11. The molecule has 136 valence electrons. The lowest BCUT2D eigenvalue weighted by Gasteiger charge is -2.20. The standard InChI is InChI=1S/C18H16ClFN2O4/c1-10(23)21-15-9-12(2-3-14(15)20)22-17(24)8-11-6-13(19)18-16(7-11)25-4-5-26-18/h2-3,6-7,9H,4-5,8H2,1H3,(H,21,23)(H,22,24). The number of benzene rings is 2. The van der Waals surface area contributed by atoms with E-state index in [1.54, 1.807) is 12.1 Å². The van der Waals surface area contributed by atoms with Crippen LogP contribution in [0.25, 0.3) is 0 Å². The number of carbonyl (C=O) groups is 2. The molecule has 0 unspecified atom stereocenters. The maximum atomic E-state index is 13.7. The summed E-state index contributed by atoms with van der Waals surface area (Å²) < 4.78 is 24.6. The van der Waals surface area contributed by atoms with Crippen molar-refractivity contribution in [1.29, 1.82) is 0 Å². The van der Waals surface area contributed by atoms with Gasteiger partial charge in [-0.1, -0.05) is 11.6 Å². The maximum Gasteiger partial charge on any atom is 0.228 e. The van der Waals surface area contributed by atoms with Crippen LogP contribution in [0.1, 0.15) is 12.5 Å². The van der Waals surface area contributed by atoms with Gasteiger partial charge in [-0.2, -0.15) is 0 Å². The molecule has 6 nitrogen and oxygen atoms in total. The van der Waals surface area contributed by atoms with Gasteiger partial charge in [-0.25, -0.2) is 4.39 Å². The smallest absolute Gasteiger partial charge is 0.228 e. The van der Waals surface area contributed by atoms with Crippen LogP contribution < -0.4 is 20.1 Å². The van der Waals surface area contributed by atoms with Gasteiger partial charge in [0.05, 0.1) is 17.1 Å². The van der Waals surface area contributed by atoms with E-state index in [9.17, 15) is 14.0 Å². The summed E-state index contributed by atoms with van der Waals surface area (Å²) >= 11 is 6.16. The molecule has 0 spiro atoms. The number of halogens is 2. The molecule has 0 fully saturated rings. The van der Waals surface area contributed by atoms with E-state index in [1.807, 2.05) is 0 Å². The first-order valence-electron chi connectivity index (χ1n) is 7.87. The Hall–Kier alpha value is -2.80. The zero-order valence-electron chi connectivity index (χ0n) is 13.9. The van der Waals surface area contributed by atoms with E-state index in [0.717, 1.165) is 0 Å². The van der Waals surface area contributed by atoms with E-state index >= 15 is 0 Å². The molecule has 2 aromatic rings. The van der Waals surface area contributed by atoms with Crippen molar-refractivity contribution >= 4 is 34.8 Å². The van der Waals surface area contributed by atoms with Gasteiger partial charge in [-0.05, 0) is 35.9 Å². The molecule has 8 heteroatoms. The summed E-state index contributed by atoms with van der Waals surface area (Å²) in [7, 11) is 0. The largest absolute Gasteiger partial charge is 0.486 e. The molecule has 0 saturated carbocycles. The number of ether oxygens (including phenoxy) is 2. The van der Waals surface area contributed by atoms with E-state index in [4.69, 9.17) is 21.1 Å². The van der Waals surface area contributed by atoms with Crippen molar-refractivity contribution in [1.82, 2.24) is 0 Å². The minimum absolute atomic E-state index is 0.00215. The average molecular weight is 379 g/mol. The normalized spacial score (nSPS) is 12.4. The van der Waals surface area contributed by atoms with Crippen LogP contribution in [0.5, 0.6) is 11.5 Å². The fraction of sp³-hybridized carbons (Fsp3) is 0.222. The van der Waals surface area contributed by atoms with Crippen LogP contribution in [0.15, 0.2) is 30.3 Å². The highest BCUT2D eigenvalue weighted by atomic mass is 35.5. The van der Waals surface area contributed by atoms with Crippen LogP contribution in [-0.2, 0) is 16.0 Å². The zero-order valence-corrected chi connectivity index (χ0v) is 14.7. The summed E-state index contributed by atoms with van der Waals surface area (Å²) in [6.45, 7) is 2.12. The van der Waals surface area contributed by atoms with Crippen molar-refractivity contribution in [2.75, 3.05) is 23.8 Å². The van der Waals surface area contributed by atoms with Crippen LogP contribution in [-0.4, -0.2) is 25.0 Å². The first kappa shape index (κ1) is 18.0. The van der Waals surface area contributed by atoms with Gasteiger partial charge < -0.3 is 20.1 Å². The van der Waals surface area contributed by atoms with E-state index in [0.29, 0.717) is 41.0 Å². The van der Waals surface area contributed by atoms with Crippen molar-refractivity contribution in [2.24, 2.45) is 0 Å². The highest BCUT2D eigenvalue weighted by Crippen LogP contribution is 2.38. The monoisotopic (exact) mass is 378 g/mol. The van der Waals surface area contributed by atoms with E-state index in [-0.39, 0.29) is 18.0 Å². The summed E-state index contributed by atoms with van der Waals surface area (Å²) in [5.74, 6) is -0.338. The second kappa shape index (κ2) is 7.61. The predicted octanol–water partition coefficient (Wildman–Crippen LogP) is 3.39. The molecule has 1 aliphatic heterocycles. The summed E-state index contributed by atoms with van der Waals surface area (Å²) in [5, 5.41) is 5.40. The molecule has 2 aromatic carbocycles. The third-order valence-electron chi connectivity index (χ3n) is 3.58. The number of carbonyl (C=O) groups excluding carboxylic acids is 2. The van der Waals surface area contributed by atoms with Crippen molar-refractivity contribution in [3.8, 4) is 11.5 Å². The fourth-order valence-electron chi connectivity index (χ4n) is 2.55. The van der Waals surface area contributed by atoms with Gasteiger partial charge in [0.2, 0.25) is 11.8 Å². The number of nitrogens with one attached hydrogen (secondary N) is 2. The molecule has 0 atom stereocenters. The molecule has 3 rings (SSSR count). The van der Waals surface area contributed by atoms with Gasteiger partial charge in [0.15, 0.2) is 11.5 Å². The second-order valence-electron chi connectivity index (χ2n) is 5.70. The van der Waals surface area contributed by atoms with Gasteiger partial charge in [-0.15, -0.1) is 0 Å². The third-order valence-corrected chi connectivity index (χ3v) is 3.86. The summed E-state index contributed by atoms with van der Waals surface area (Å²) in [5.41, 5.74) is 1.02. The van der Waals surface area contributed by atoms with Crippen molar-refractivity contribution in [3.05, 3.63) is 46.7 Å². The molecule has 2 N–H and O–H groups in total. The molecule has 0 aromatic heterocycles. The SMILES string of the molecule is CC(=O)Nc1cc(NC(=O)Cc2cc(Cl)c3c(c2)OCCO3)ccc1F. The number of amides is 2. The van der Waals surface area contributed by atoms with Crippen molar-refractivity contribution in [3.63, 3.8) is 0 Å². The summed E-state index contributed by atoms with van der Waals surface area (Å²) in [6.07, 6.45) is 0.0448. The Morgan fingerprint density at radius 2 is 1.92 bits per heavy atom. The van der Waals surface area contributed by atoms with Gasteiger partial charge in [0, 0.05) is 12.6 Å².